The minimum absolute atomic E-state index is 0.392. The van der Waals surface area contributed by atoms with Gasteiger partial charge in [0.15, 0.2) is 0 Å². The minimum atomic E-state index is 0.392. The SMILES string of the molecule is CC(CCc1ccccc1)Nc1ccc(N)c(N)c1. The highest BCUT2D eigenvalue weighted by Gasteiger charge is 2.04. The van der Waals surface area contributed by atoms with Crippen molar-refractivity contribution >= 4 is 17.1 Å². The Labute approximate surface area is 114 Å². The second kappa shape index (κ2) is 6.14. The number of benzene rings is 2. The zero-order valence-electron chi connectivity index (χ0n) is 11.3. The van der Waals surface area contributed by atoms with Crippen molar-refractivity contribution < 1.29 is 0 Å². The molecule has 0 spiro atoms. The summed E-state index contributed by atoms with van der Waals surface area (Å²) in [7, 11) is 0. The summed E-state index contributed by atoms with van der Waals surface area (Å²) in [4.78, 5) is 0. The molecule has 2 aromatic rings. The van der Waals surface area contributed by atoms with Gasteiger partial charge < -0.3 is 16.8 Å². The normalized spacial score (nSPS) is 12.1. The van der Waals surface area contributed by atoms with Crippen molar-refractivity contribution in [2.24, 2.45) is 0 Å². The van der Waals surface area contributed by atoms with Crippen molar-refractivity contribution in [2.45, 2.75) is 25.8 Å². The third-order valence-corrected chi connectivity index (χ3v) is 3.21. The Bertz CT molecular complexity index is 523. The van der Waals surface area contributed by atoms with E-state index >= 15 is 0 Å². The smallest absolute Gasteiger partial charge is 0.0568 e. The summed E-state index contributed by atoms with van der Waals surface area (Å²) in [6.07, 6.45) is 2.15. The summed E-state index contributed by atoms with van der Waals surface area (Å²) < 4.78 is 0. The molecule has 0 bridgehead atoms. The van der Waals surface area contributed by atoms with Crippen LogP contribution in [-0.2, 0) is 6.42 Å². The molecule has 3 heteroatoms. The largest absolute Gasteiger partial charge is 0.397 e. The Morgan fingerprint density at radius 3 is 2.42 bits per heavy atom. The van der Waals surface area contributed by atoms with Gasteiger partial charge in [-0.1, -0.05) is 30.3 Å². The van der Waals surface area contributed by atoms with Crippen LogP contribution in [0.25, 0.3) is 0 Å². The number of aryl methyl sites for hydroxylation is 1. The first-order valence-electron chi connectivity index (χ1n) is 6.60. The molecule has 0 saturated heterocycles. The molecule has 1 atom stereocenters. The van der Waals surface area contributed by atoms with Crippen molar-refractivity contribution in [3.05, 3.63) is 54.1 Å². The van der Waals surface area contributed by atoms with Crippen molar-refractivity contribution in [3.8, 4) is 0 Å². The van der Waals surface area contributed by atoms with Crippen molar-refractivity contribution in [3.63, 3.8) is 0 Å². The molecule has 0 aliphatic rings. The van der Waals surface area contributed by atoms with E-state index in [2.05, 4.69) is 36.5 Å². The molecule has 0 heterocycles. The molecule has 2 aromatic carbocycles. The summed E-state index contributed by atoms with van der Waals surface area (Å²) in [5, 5.41) is 3.44. The van der Waals surface area contributed by atoms with E-state index in [0.29, 0.717) is 17.4 Å². The lowest BCUT2D eigenvalue weighted by molar-refractivity contribution is 0.706. The van der Waals surface area contributed by atoms with E-state index < -0.39 is 0 Å². The maximum Gasteiger partial charge on any atom is 0.0568 e. The van der Waals surface area contributed by atoms with Gasteiger partial charge in [-0.05, 0) is 43.5 Å². The lowest BCUT2D eigenvalue weighted by Crippen LogP contribution is -2.16. The summed E-state index contributed by atoms with van der Waals surface area (Å²) in [5.74, 6) is 0. The van der Waals surface area contributed by atoms with Crippen molar-refractivity contribution in [2.75, 3.05) is 16.8 Å². The van der Waals surface area contributed by atoms with Crippen LogP contribution in [0, 0.1) is 0 Å². The molecule has 1 unspecified atom stereocenters. The predicted octanol–water partition coefficient (Wildman–Crippen LogP) is 3.28. The van der Waals surface area contributed by atoms with Crippen molar-refractivity contribution in [1.29, 1.82) is 0 Å². The Balaban J connectivity index is 1.87. The van der Waals surface area contributed by atoms with Gasteiger partial charge in [0.25, 0.3) is 0 Å². The zero-order chi connectivity index (χ0) is 13.7. The fourth-order valence-corrected chi connectivity index (χ4v) is 2.05. The van der Waals surface area contributed by atoms with Gasteiger partial charge in [0.05, 0.1) is 11.4 Å². The summed E-state index contributed by atoms with van der Waals surface area (Å²) in [5.41, 5.74) is 15.1. The van der Waals surface area contributed by atoms with E-state index in [1.165, 1.54) is 5.56 Å². The molecule has 0 aliphatic carbocycles. The average Bonchev–Trinajstić information content (AvgIpc) is 2.42. The van der Waals surface area contributed by atoms with Gasteiger partial charge in [-0.25, -0.2) is 0 Å². The molecule has 3 nitrogen and oxygen atoms in total. The quantitative estimate of drug-likeness (QED) is 0.718. The van der Waals surface area contributed by atoms with Gasteiger partial charge in [0.1, 0.15) is 0 Å². The van der Waals surface area contributed by atoms with Gasteiger partial charge in [0, 0.05) is 11.7 Å². The molecule has 0 amide bonds. The monoisotopic (exact) mass is 255 g/mol. The van der Waals surface area contributed by atoms with E-state index in [1.807, 2.05) is 24.3 Å². The topological polar surface area (TPSA) is 64.1 Å². The summed E-state index contributed by atoms with van der Waals surface area (Å²) in [6, 6.07) is 16.6. The highest BCUT2D eigenvalue weighted by atomic mass is 14.9. The maximum absolute atomic E-state index is 5.80. The van der Waals surface area contributed by atoms with Gasteiger partial charge in [0.2, 0.25) is 0 Å². The molecule has 5 N–H and O–H groups in total. The Kier molecular flexibility index (Phi) is 4.29. The molecule has 0 radical (unpaired) electrons. The Morgan fingerprint density at radius 1 is 1.00 bits per heavy atom. The fourth-order valence-electron chi connectivity index (χ4n) is 2.05. The average molecular weight is 255 g/mol. The van der Waals surface area contributed by atoms with Crippen LogP contribution in [0.5, 0.6) is 0 Å². The molecule has 0 aliphatic heterocycles. The number of anilines is 3. The first-order chi connectivity index (χ1) is 9.15. The number of hydrogen-bond donors (Lipinski definition) is 3. The molecule has 0 saturated carbocycles. The van der Waals surface area contributed by atoms with Gasteiger partial charge in [-0.2, -0.15) is 0 Å². The molecular weight excluding hydrogens is 234 g/mol. The molecule has 19 heavy (non-hydrogen) atoms. The molecular formula is C16H21N3. The molecule has 100 valence electrons. The van der Waals surface area contributed by atoms with Crippen LogP contribution in [0.4, 0.5) is 17.1 Å². The predicted molar refractivity (Wildman–Crippen MR) is 83.1 cm³/mol. The van der Waals surface area contributed by atoms with Gasteiger partial charge in [-0.3, -0.25) is 0 Å². The van der Waals surface area contributed by atoms with Crippen LogP contribution in [0.3, 0.4) is 0 Å². The standard InChI is InChI=1S/C16H21N3/c1-12(7-8-13-5-3-2-4-6-13)19-14-9-10-15(17)16(18)11-14/h2-6,9-12,19H,7-8,17-18H2,1H3. The first kappa shape index (κ1) is 13.3. The zero-order valence-corrected chi connectivity index (χ0v) is 11.3. The van der Waals surface area contributed by atoms with Crippen LogP contribution < -0.4 is 16.8 Å². The van der Waals surface area contributed by atoms with Crippen LogP contribution in [0.1, 0.15) is 18.9 Å². The van der Waals surface area contributed by atoms with Crippen LogP contribution in [-0.4, -0.2) is 6.04 Å². The number of nitrogen functional groups attached to an aromatic ring is 2. The van der Waals surface area contributed by atoms with Crippen molar-refractivity contribution in [1.82, 2.24) is 0 Å². The summed E-state index contributed by atoms with van der Waals surface area (Å²) in [6.45, 7) is 2.18. The third kappa shape index (κ3) is 3.91. The molecule has 2 rings (SSSR count). The van der Waals surface area contributed by atoms with E-state index in [1.54, 1.807) is 0 Å². The van der Waals surface area contributed by atoms with Crippen LogP contribution >= 0.6 is 0 Å². The van der Waals surface area contributed by atoms with E-state index in [0.717, 1.165) is 18.5 Å². The highest BCUT2D eigenvalue weighted by Crippen LogP contribution is 2.20. The number of rotatable bonds is 5. The second-order valence-electron chi connectivity index (χ2n) is 4.91. The second-order valence-corrected chi connectivity index (χ2v) is 4.91. The Hall–Kier alpha value is -2.16. The maximum atomic E-state index is 5.80. The van der Waals surface area contributed by atoms with Gasteiger partial charge in [-0.15, -0.1) is 0 Å². The molecule has 0 aromatic heterocycles. The van der Waals surface area contributed by atoms with E-state index in [-0.39, 0.29) is 0 Å². The number of nitrogens with one attached hydrogen (secondary N) is 1. The molecule has 0 fully saturated rings. The third-order valence-electron chi connectivity index (χ3n) is 3.21. The van der Waals surface area contributed by atoms with Gasteiger partial charge >= 0.3 is 0 Å². The van der Waals surface area contributed by atoms with E-state index in [9.17, 15) is 0 Å². The van der Waals surface area contributed by atoms with Crippen LogP contribution in [0.15, 0.2) is 48.5 Å². The number of hydrogen-bond acceptors (Lipinski definition) is 3. The lowest BCUT2D eigenvalue weighted by atomic mass is 10.1. The summed E-state index contributed by atoms with van der Waals surface area (Å²) >= 11 is 0. The Morgan fingerprint density at radius 2 is 1.74 bits per heavy atom. The van der Waals surface area contributed by atoms with Crippen LogP contribution in [0.2, 0.25) is 0 Å². The number of nitrogens with two attached hydrogens (primary N) is 2. The minimum Gasteiger partial charge on any atom is -0.397 e. The first-order valence-corrected chi connectivity index (χ1v) is 6.60. The highest BCUT2D eigenvalue weighted by molar-refractivity contribution is 5.69. The fraction of sp³-hybridized carbons (Fsp3) is 0.250. The lowest BCUT2D eigenvalue weighted by Gasteiger charge is -2.16. The van der Waals surface area contributed by atoms with E-state index in [4.69, 9.17) is 11.5 Å².